The fraction of sp³-hybridized carbons (Fsp3) is 0.778. The molecule has 0 bridgehead atoms. The van der Waals surface area contributed by atoms with Crippen molar-refractivity contribution >= 4 is 11.9 Å². The van der Waals surface area contributed by atoms with Crippen LogP contribution in [0, 0.1) is 11.8 Å². The molecule has 1 aliphatic rings. The largest absolute Gasteiger partial charge is 0.481 e. The summed E-state index contributed by atoms with van der Waals surface area (Å²) >= 11 is 0. The Hall–Kier alpha value is -1.06. The van der Waals surface area contributed by atoms with E-state index in [9.17, 15) is 9.59 Å². The van der Waals surface area contributed by atoms with Crippen LogP contribution in [-0.4, -0.2) is 24.2 Å². The first kappa shape index (κ1) is 10.0. The first-order valence-electron chi connectivity index (χ1n) is 4.42. The second-order valence-electron chi connectivity index (χ2n) is 3.48. The van der Waals surface area contributed by atoms with E-state index < -0.39 is 5.97 Å². The summed E-state index contributed by atoms with van der Waals surface area (Å²) in [6.07, 6.45) is 2.43. The number of hydrogen-bond acceptors (Lipinski definition) is 3. The fourth-order valence-corrected chi connectivity index (χ4v) is 1.49. The van der Waals surface area contributed by atoms with Gasteiger partial charge >= 0.3 is 11.9 Å². The number of rotatable bonds is 5. The van der Waals surface area contributed by atoms with Gasteiger partial charge in [0.05, 0.1) is 7.11 Å². The van der Waals surface area contributed by atoms with Crippen LogP contribution in [0.2, 0.25) is 0 Å². The van der Waals surface area contributed by atoms with Crippen molar-refractivity contribution < 1.29 is 19.4 Å². The van der Waals surface area contributed by atoms with Crippen LogP contribution in [0.1, 0.15) is 25.7 Å². The van der Waals surface area contributed by atoms with Gasteiger partial charge in [-0.25, -0.2) is 0 Å². The molecule has 4 heteroatoms. The van der Waals surface area contributed by atoms with Gasteiger partial charge in [-0.15, -0.1) is 0 Å². The van der Waals surface area contributed by atoms with Crippen molar-refractivity contribution in [3.8, 4) is 0 Å². The summed E-state index contributed by atoms with van der Waals surface area (Å²) in [5.74, 6) is -0.737. The molecule has 0 aromatic heterocycles. The maximum absolute atomic E-state index is 10.9. The average Bonchev–Trinajstić information content (AvgIpc) is 2.84. The van der Waals surface area contributed by atoms with E-state index in [4.69, 9.17) is 5.11 Å². The third-order valence-corrected chi connectivity index (χ3v) is 2.38. The zero-order valence-corrected chi connectivity index (χ0v) is 7.66. The van der Waals surface area contributed by atoms with Crippen LogP contribution in [-0.2, 0) is 14.3 Å². The van der Waals surface area contributed by atoms with E-state index >= 15 is 0 Å². The zero-order valence-electron chi connectivity index (χ0n) is 7.66. The van der Waals surface area contributed by atoms with Gasteiger partial charge in [-0.05, 0) is 24.7 Å². The SMILES string of the molecule is COC(=O)CC(CC(=O)O)C1CC1. The zero-order chi connectivity index (χ0) is 9.84. The number of carboxylic acid groups (broad SMARTS) is 1. The molecule has 74 valence electrons. The molecule has 1 rings (SSSR count). The van der Waals surface area contributed by atoms with Gasteiger partial charge in [0.25, 0.3) is 0 Å². The lowest BCUT2D eigenvalue weighted by Crippen LogP contribution is -2.15. The summed E-state index contributed by atoms with van der Waals surface area (Å²) in [7, 11) is 1.33. The van der Waals surface area contributed by atoms with Crippen molar-refractivity contribution in [2.45, 2.75) is 25.7 Å². The first-order chi connectivity index (χ1) is 6.13. The van der Waals surface area contributed by atoms with Gasteiger partial charge in [-0.3, -0.25) is 9.59 Å². The van der Waals surface area contributed by atoms with Crippen LogP contribution in [0.5, 0.6) is 0 Å². The van der Waals surface area contributed by atoms with Crippen molar-refractivity contribution in [1.29, 1.82) is 0 Å². The van der Waals surface area contributed by atoms with Gasteiger partial charge < -0.3 is 9.84 Å². The van der Waals surface area contributed by atoms with E-state index in [-0.39, 0.29) is 24.7 Å². The van der Waals surface area contributed by atoms with Gasteiger partial charge in [0.2, 0.25) is 0 Å². The van der Waals surface area contributed by atoms with E-state index in [1.54, 1.807) is 0 Å². The Kier molecular flexibility index (Phi) is 3.28. The molecule has 0 saturated heterocycles. The fourth-order valence-electron chi connectivity index (χ4n) is 1.49. The summed E-state index contributed by atoms with van der Waals surface area (Å²) in [4.78, 5) is 21.4. The minimum Gasteiger partial charge on any atom is -0.481 e. The molecule has 0 aromatic rings. The number of carbonyl (C=O) groups is 2. The Morgan fingerprint density at radius 3 is 2.46 bits per heavy atom. The number of hydrogen-bond donors (Lipinski definition) is 1. The molecule has 1 atom stereocenters. The molecule has 1 aliphatic carbocycles. The summed E-state index contributed by atoms with van der Waals surface area (Å²) in [6.45, 7) is 0. The van der Waals surface area contributed by atoms with Gasteiger partial charge in [-0.1, -0.05) is 0 Å². The second kappa shape index (κ2) is 4.25. The summed E-state index contributed by atoms with van der Waals surface area (Å²) in [5, 5.41) is 8.59. The number of methoxy groups -OCH3 is 1. The highest BCUT2D eigenvalue weighted by Crippen LogP contribution is 2.40. The van der Waals surface area contributed by atoms with Gasteiger partial charge in [0.15, 0.2) is 0 Å². The van der Waals surface area contributed by atoms with E-state index in [0.29, 0.717) is 5.92 Å². The van der Waals surface area contributed by atoms with Gasteiger partial charge in [-0.2, -0.15) is 0 Å². The molecule has 1 unspecified atom stereocenters. The van der Waals surface area contributed by atoms with Crippen LogP contribution in [0.25, 0.3) is 0 Å². The molecule has 13 heavy (non-hydrogen) atoms. The first-order valence-corrected chi connectivity index (χ1v) is 4.42. The lowest BCUT2D eigenvalue weighted by molar-refractivity contribution is -0.143. The third-order valence-electron chi connectivity index (χ3n) is 2.38. The highest BCUT2D eigenvalue weighted by atomic mass is 16.5. The third kappa shape index (κ3) is 3.44. The number of carbonyl (C=O) groups excluding carboxylic acids is 1. The maximum atomic E-state index is 10.9. The van der Waals surface area contributed by atoms with Crippen LogP contribution >= 0.6 is 0 Å². The Labute approximate surface area is 76.9 Å². The lowest BCUT2D eigenvalue weighted by atomic mass is 9.96. The highest BCUT2D eigenvalue weighted by molar-refractivity contribution is 5.72. The van der Waals surface area contributed by atoms with E-state index in [2.05, 4.69) is 4.74 Å². The van der Waals surface area contributed by atoms with E-state index in [1.807, 2.05) is 0 Å². The van der Waals surface area contributed by atoms with Crippen molar-refractivity contribution in [1.82, 2.24) is 0 Å². The molecule has 0 heterocycles. The predicted molar refractivity (Wildman–Crippen MR) is 45.1 cm³/mol. The van der Waals surface area contributed by atoms with Crippen molar-refractivity contribution in [2.75, 3.05) is 7.11 Å². The van der Waals surface area contributed by atoms with E-state index in [1.165, 1.54) is 7.11 Å². The number of carboxylic acids is 1. The molecular weight excluding hydrogens is 172 g/mol. The van der Waals surface area contributed by atoms with E-state index in [0.717, 1.165) is 12.8 Å². The van der Waals surface area contributed by atoms with Crippen molar-refractivity contribution in [2.24, 2.45) is 11.8 Å². The summed E-state index contributed by atoms with van der Waals surface area (Å²) in [5.41, 5.74) is 0. The Balaban J connectivity index is 2.37. The van der Waals surface area contributed by atoms with Crippen LogP contribution in [0.15, 0.2) is 0 Å². The molecule has 0 spiro atoms. The number of esters is 1. The monoisotopic (exact) mass is 186 g/mol. The smallest absolute Gasteiger partial charge is 0.305 e. The molecule has 1 fully saturated rings. The molecule has 0 aliphatic heterocycles. The normalized spacial score (nSPS) is 17.9. The van der Waals surface area contributed by atoms with Crippen LogP contribution in [0.4, 0.5) is 0 Å². The molecule has 0 aromatic carbocycles. The number of ether oxygens (including phenoxy) is 1. The standard InChI is InChI=1S/C9H14O4/c1-13-9(12)5-7(4-8(10)11)6-2-3-6/h6-7H,2-5H2,1H3,(H,10,11). The number of aliphatic carboxylic acids is 1. The van der Waals surface area contributed by atoms with Crippen LogP contribution < -0.4 is 0 Å². The summed E-state index contributed by atoms with van der Waals surface area (Å²) in [6, 6.07) is 0. The lowest BCUT2D eigenvalue weighted by Gasteiger charge is -2.11. The van der Waals surface area contributed by atoms with Gasteiger partial charge in [0.1, 0.15) is 0 Å². The Morgan fingerprint density at radius 1 is 1.46 bits per heavy atom. The summed E-state index contributed by atoms with van der Waals surface area (Å²) < 4.78 is 4.51. The average molecular weight is 186 g/mol. The minimum atomic E-state index is -0.833. The quantitative estimate of drug-likeness (QED) is 0.652. The molecule has 0 amide bonds. The van der Waals surface area contributed by atoms with Crippen LogP contribution in [0.3, 0.4) is 0 Å². The molecule has 1 N–H and O–H groups in total. The molecule has 4 nitrogen and oxygen atoms in total. The molecule has 0 radical (unpaired) electrons. The molecule has 1 saturated carbocycles. The van der Waals surface area contributed by atoms with Gasteiger partial charge in [0, 0.05) is 12.8 Å². The Bertz CT molecular complexity index is 208. The molecular formula is C9H14O4. The van der Waals surface area contributed by atoms with Crippen molar-refractivity contribution in [3.63, 3.8) is 0 Å². The van der Waals surface area contributed by atoms with Crippen molar-refractivity contribution in [3.05, 3.63) is 0 Å². The Morgan fingerprint density at radius 2 is 2.08 bits per heavy atom. The predicted octanol–water partition coefficient (Wildman–Crippen LogP) is 1.05. The minimum absolute atomic E-state index is 0.0232. The highest BCUT2D eigenvalue weighted by Gasteiger charge is 2.34. The topological polar surface area (TPSA) is 63.6 Å². The second-order valence-corrected chi connectivity index (χ2v) is 3.48. The maximum Gasteiger partial charge on any atom is 0.305 e.